The van der Waals surface area contributed by atoms with Crippen molar-refractivity contribution in [3.8, 4) is 0 Å². The van der Waals surface area contributed by atoms with Crippen LogP contribution in [-0.2, 0) is 16.0 Å². The van der Waals surface area contributed by atoms with E-state index in [0.29, 0.717) is 25.4 Å². The predicted octanol–water partition coefficient (Wildman–Crippen LogP) is 4.14. The summed E-state index contributed by atoms with van der Waals surface area (Å²) in [7, 11) is 0. The molecule has 0 saturated carbocycles. The number of para-hydroxylation sites is 2. The molecule has 33 heavy (non-hydrogen) atoms. The van der Waals surface area contributed by atoms with E-state index < -0.39 is 0 Å². The standard InChI is InChI=1S/C27H32N4O2/c32-25(11-10-20-6-2-1-3-7-20)30-16-14-22(15-17-30)27(33)31-18-12-21(13-19-31)26-28-23-8-4-5-9-24(23)29-26/h1-9,21-22H,10-19H2,(H,28,29). The molecule has 6 nitrogen and oxygen atoms in total. The third-order valence-corrected chi connectivity index (χ3v) is 7.27. The molecule has 1 N–H and O–H groups in total. The second kappa shape index (κ2) is 9.77. The molecule has 0 bridgehead atoms. The summed E-state index contributed by atoms with van der Waals surface area (Å²) in [4.78, 5) is 37.9. The first kappa shape index (κ1) is 21.7. The number of nitrogens with one attached hydrogen (secondary N) is 1. The minimum Gasteiger partial charge on any atom is -0.343 e. The number of aromatic amines is 1. The number of H-pyrrole nitrogens is 1. The number of amides is 2. The van der Waals surface area contributed by atoms with Gasteiger partial charge < -0.3 is 14.8 Å². The van der Waals surface area contributed by atoms with Gasteiger partial charge in [0.1, 0.15) is 5.82 Å². The lowest BCUT2D eigenvalue weighted by Gasteiger charge is -2.37. The van der Waals surface area contributed by atoms with Crippen molar-refractivity contribution in [1.82, 2.24) is 19.8 Å². The van der Waals surface area contributed by atoms with Gasteiger partial charge in [0.15, 0.2) is 0 Å². The SMILES string of the molecule is O=C(CCc1ccccc1)N1CCC(C(=O)N2CCC(c3nc4ccccc4[nH]3)CC2)CC1. The lowest BCUT2D eigenvalue weighted by Crippen LogP contribution is -2.46. The van der Waals surface area contributed by atoms with Gasteiger partial charge in [-0.3, -0.25) is 9.59 Å². The number of fused-ring (bicyclic) bond motifs is 1. The van der Waals surface area contributed by atoms with E-state index in [1.54, 1.807) is 0 Å². The molecular formula is C27H32N4O2. The highest BCUT2D eigenvalue weighted by Gasteiger charge is 2.32. The van der Waals surface area contributed by atoms with Gasteiger partial charge >= 0.3 is 0 Å². The van der Waals surface area contributed by atoms with Crippen LogP contribution in [0.3, 0.4) is 0 Å². The van der Waals surface area contributed by atoms with Crippen LogP contribution >= 0.6 is 0 Å². The highest BCUT2D eigenvalue weighted by Crippen LogP contribution is 2.29. The maximum atomic E-state index is 13.1. The molecule has 2 aromatic carbocycles. The van der Waals surface area contributed by atoms with Gasteiger partial charge in [-0.25, -0.2) is 4.98 Å². The van der Waals surface area contributed by atoms with Crippen LogP contribution in [0.5, 0.6) is 0 Å². The Morgan fingerprint density at radius 1 is 0.848 bits per heavy atom. The molecule has 0 atom stereocenters. The molecule has 172 valence electrons. The van der Waals surface area contributed by atoms with Gasteiger partial charge in [0.25, 0.3) is 0 Å². The normalized spacial score (nSPS) is 18.1. The second-order valence-corrected chi connectivity index (χ2v) is 9.38. The lowest BCUT2D eigenvalue weighted by molar-refractivity contribution is -0.141. The molecule has 0 spiro atoms. The lowest BCUT2D eigenvalue weighted by atomic mass is 9.91. The monoisotopic (exact) mass is 444 g/mol. The number of hydrogen-bond donors (Lipinski definition) is 1. The molecule has 2 saturated heterocycles. The molecule has 0 aliphatic carbocycles. The van der Waals surface area contributed by atoms with Crippen LogP contribution < -0.4 is 0 Å². The molecule has 2 fully saturated rings. The largest absolute Gasteiger partial charge is 0.343 e. The number of benzene rings is 2. The van der Waals surface area contributed by atoms with E-state index in [0.717, 1.165) is 62.1 Å². The van der Waals surface area contributed by atoms with Crippen molar-refractivity contribution in [2.45, 2.75) is 44.4 Å². The van der Waals surface area contributed by atoms with Crippen LogP contribution in [0.2, 0.25) is 0 Å². The highest BCUT2D eigenvalue weighted by atomic mass is 16.2. The number of carbonyl (C=O) groups is 2. The zero-order valence-corrected chi connectivity index (χ0v) is 19.1. The van der Waals surface area contributed by atoms with E-state index in [-0.39, 0.29) is 17.7 Å². The quantitative estimate of drug-likeness (QED) is 0.643. The summed E-state index contributed by atoms with van der Waals surface area (Å²) in [6.45, 7) is 2.96. The average molecular weight is 445 g/mol. The summed E-state index contributed by atoms with van der Waals surface area (Å²) in [5.74, 6) is 1.95. The van der Waals surface area contributed by atoms with Crippen LogP contribution in [0.15, 0.2) is 54.6 Å². The minimum absolute atomic E-state index is 0.0472. The summed E-state index contributed by atoms with van der Waals surface area (Å²) in [5.41, 5.74) is 3.29. The Kier molecular flexibility index (Phi) is 6.42. The number of carbonyl (C=O) groups excluding carboxylic acids is 2. The number of hydrogen-bond acceptors (Lipinski definition) is 3. The van der Waals surface area contributed by atoms with Gasteiger partial charge in [-0.15, -0.1) is 0 Å². The van der Waals surface area contributed by atoms with Crippen LogP contribution in [0, 0.1) is 5.92 Å². The van der Waals surface area contributed by atoms with Crippen molar-refractivity contribution >= 4 is 22.8 Å². The summed E-state index contributed by atoms with van der Waals surface area (Å²) in [6, 6.07) is 18.3. The molecule has 2 aliphatic rings. The summed E-state index contributed by atoms with van der Waals surface area (Å²) in [5, 5.41) is 0. The highest BCUT2D eigenvalue weighted by molar-refractivity contribution is 5.80. The first-order valence-electron chi connectivity index (χ1n) is 12.2. The fourth-order valence-electron chi connectivity index (χ4n) is 5.23. The van der Waals surface area contributed by atoms with E-state index in [4.69, 9.17) is 4.98 Å². The van der Waals surface area contributed by atoms with Crippen LogP contribution in [0.25, 0.3) is 11.0 Å². The molecular weight excluding hydrogens is 412 g/mol. The third kappa shape index (κ3) is 4.95. The smallest absolute Gasteiger partial charge is 0.225 e. The van der Waals surface area contributed by atoms with E-state index in [1.807, 2.05) is 46.2 Å². The van der Waals surface area contributed by atoms with Crippen molar-refractivity contribution in [3.63, 3.8) is 0 Å². The number of rotatable bonds is 5. The van der Waals surface area contributed by atoms with E-state index >= 15 is 0 Å². The van der Waals surface area contributed by atoms with E-state index in [9.17, 15) is 9.59 Å². The van der Waals surface area contributed by atoms with E-state index in [2.05, 4.69) is 23.2 Å². The predicted molar refractivity (Wildman–Crippen MR) is 129 cm³/mol. The first-order chi connectivity index (χ1) is 16.2. The average Bonchev–Trinajstić information content (AvgIpc) is 3.32. The number of aromatic nitrogens is 2. The molecule has 2 amide bonds. The number of nitrogens with zero attached hydrogens (tertiary/aromatic N) is 3. The molecule has 3 aromatic rings. The Morgan fingerprint density at radius 3 is 2.24 bits per heavy atom. The summed E-state index contributed by atoms with van der Waals surface area (Å²) in [6.07, 6.45) is 4.76. The zero-order chi connectivity index (χ0) is 22.6. The summed E-state index contributed by atoms with van der Waals surface area (Å²) < 4.78 is 0. The molecule has 3 heterocycles. The number of likely N-dealkylation sites (tertiary alicyclic amines) is 2. The number of imidazole rings is 1. The van der Waals surface area contributed by atoms with Crippen molar-refractivity contribution in [2.75, 3.05) is 26.2 Å². The Hall–Kier alpha value is -3.15. The topological polar surface area (TPSA) is 69.3 Å². The van der Waals surface area contributed by atoms with Crippen molar-refractivity contribution in [1.29, 1.82) is 0 Å². The van der Waals surface area contributed by atoms with Crippen molar-refractivity contribution in [2.24, 2.45) is 5.92 Å². The van der Waals surface area contributed by atoms with Crippen molar-refractivity contribution in [3.05, 3.63) is 66.0 Å². The Bertz CT molecular complexity index is 1060. The fraction of sp³-hybridized carbons (Fsp3) is 0.444. The van der Waals surface area contributed by atoms with Gasteiger partial charge in [-0.2, -0.15) is 0 Å². The van der Waals surface area contributed by atoms with Gasteiger partial charge in [0.05, 0.1) is 11.0 Å². The fourth-order valence-corrected chi connectivity index (χ4v) is 5.23. The molecule has 6 heteroatoms. The van der Waals surface area contributed by atoms with Crippen LogP contribution in [0.1, 0.15) is 49.4 Å². The van der Waals surface area contributed by atoms with Gasteiger partial charge in [-0.05, 0) is 49.8 Å². The Labute approximate surface area is 195 Å². The number of aryl methyl sites for hydroxylation is 1. The van der Waals surface area contributed by atoms with Crippen molar-refractivity contribution < 1.29 is 9.59 Å². The Balaban J connectivity index is 1.08. The van der Waals surface area contributed by atoms with Gasteiger partial charge in [0.2, 0.25) is 11.8 Å². The van der Waals surface area contributed by atoms with Crippen LogP contribution in [0.4, 0.5) is 0 Å². The van der Waals surface area contributed by atoms with Gasteiger partial charge in [-0.1, -0.05) is 42.5 Å². The number of piperidine rings is 2. The molecule has 0 radical (unpaired) electrons. The van der Waals surface area contributed by atoms with Gasteiger partial charge in [0, 0.05) is 44.4 Å². The second-order valence-electron chi connectivity index (χ2n) is 9.38. The zero-order valence-electron chi connectivity index (χ0n) is 19.1. The first-order valence-corrected chi connectivity index (χ1v) is 12.2. The summed E-state index contributed by atoms with van der Waals surface area (Å²) >= 11 is 0. The molecule has 0 unspecified atom stereocenters. The maximum absolute atomic E-state index is 13.1. The minimum atomic E-state index is 0.0472. The third-order valence-electron chi connectivity index (χ3n) is 7.27. The van der Waals surface area contributed by atoms with E-state index in [1.165, 1.54) is 5.56 Å². The van der Waals surface area contributed by atoms with Crippen LogP contribution in [-0.4, -0.2) is 57.8 Å². The molecule has 2 aliphatic heterocycles. The maximum Gasteiger partial charge on any atom is 0.225 e. The molecule has 5 rings (SSSR count). The molecule has 1 aromatic heterocycles. The Morgan fingerprint density at radius 2 is 1.52 bits per heavy atom.